The molecular weight excluding hydrogens is 272 g/mol. The summed E-state index contributed by atoms with van der Waals surface area (Å²) in [6.45, 7) is 3.81. The van der Waals surface area contributed by atoms with Crippen molar-refractivity contribution < 1.29 is 4.74 Å². The van der Waals surface area contributed by atoms with Crippen LogP contribution in [-0.2, 0) is 0 Å². The van der Waals surface area contributed by atoms with Crippen LogP contribution in [-0.4, -0.2) is 0 Å². The monoisotopic (exact) mass is 282 g/mol. The Morgan fingerprint density at radius 2 is 1.55 bits per heavy atom. The third-order valence-electron chi connectivity index (χ3n) is 2.88. The van der Waals surface area contributed by atoms with E-state index in [-0.39, 0.29) is 0 Å². The van der Waals surface area contributed by atoms with Gasteiger partial charge in [0.15, 0.2) is 0 Å². The van der Waals surface area contributed by atoms with Crippen LogP contribution in [0.25, 0.3) is 0 Å². The summed E-state index contributed by atoms with van der Waals surface area (Å²) in [7, 11) is 0. The zero-order valence-corrected chi connectivity index (χ0v) is 11.8. The number of aryl methyl sites for hydroxylation is 2. The van der Waals surface area contributed by atoms with Crippen LogP contribution in [0.4, 0.5) is 0 Å². The number of nitriles is 2. The summed E-state index contributed by atoms with van der Waals surface area (Å²) in [5.41, 5.74) is 2.47. The van der Waals surface area contributed by atoms with Crippen LogP contribution < -0.4 is 4.74 Å². The molecule has 0 N–H and O–H groups in total. The van der Waals surface area contributed by atoms with Gasteiger partial charge in [-0.05, 0) is 55.3 Å². The summed E-state index contributed by atoms with van der Waals surface area (Å²) in [5, 5.41) is 18.6. The molecule has 3 nitrogen and oxygen atoms in total. The van der Waals surface area contributed by atoms with Gasteiger partial charge >= 0.3 is 0 Å². The lowest BCUT2D eigenvalue weighted by Crippen LogP contribution is -1.93. The molecule has 0 spiro atoms. The maximum atomic E-state index is 9.01. The van der Waals surface area contributed by atoms with Crippen molar-refractivity contribution in [2.75, 3.05) is 0 Å². The largest absolute Gasteiger partial charge is 0.457 e. The van der Waals surface area contributed by atoms with Gasteiger partial charge in [-0.3, -0.25) is 0 Å². The molecule has 0 heterocycles. The minimum absolute atomic E-state index is 0.300. The topological polar surface area (TPSA) is 56.8 Å². The van der Waals surface area contributed by atoms with E-state index in [0.29, 0.717) is 27.6 Å². The average Bonchev–Trinajstić information content (AvgIpc) is 2.42. The standard InChI is InChI=1S/C16H11ClN2O/c1-10-5-14(17)6-11(2)16(10)20-15-4-3-12(8-18)13(7-15)9-19/h3-7H,1-2H3. The number of rotatable bonds is 2. The molecule has 0 amide bonds. The summed E-state index contributed by atoms with van der Waals surface area (Å²) < 4.78 is 5.82. The van der Waals surface area contributed by atoms with Gasteiger partial charge < -0.3 is 4.74 Å². The summed E-state index contributed by atoms with van der Waals surface area (Å²) in [5.74, 6) is 1.23. The van der Waals surface area contributed by atoms with Crippen LogP contribution in [0.2, 0.25) is 5.02 Å². The molecule has 2 aromatic rings. The summed E-state index contributed by atoms with van der Waals surface area (Å²) >= 11 is 5.98. The number of hydrogen-bond acceptors (Lipinski definition) is 3. The highest BCUT2D eigenvalue weighted by molar-refractivity contribution is 6.30. The Balaban J connectivity index is 2.42. The first-order chi connectivity index (χ1) is 9.55. The maximum Gasteiger partial charge on any atom is 0.133 e. The fourth-order valence-electron chi connectivity index (χ4n) is 1.95. The van der Waals surface area contributed by atoms with Gasteiger partial charge in [-0.15, -0.1) is 0 Å². The van der Waals surface area contributed by atoms with E-state index < -0.39 is 0 Å². The Hall–Kier alpha value is -2.49. The van der Waals surface area contributed by atoms with E-state index in [0.717, 1.165) is 11.1 Å². The molecule has 0 aliphatic heterocycles. The summed E-state index contributed by atoms with van der Waals surface area (Å²) in [6.07, 6.45) is 0. The van der Waals surface area contributed by atoms with Crippen molar-refractivity contribution in [1.29, 1.82) is 10.5 Å². The van der Waals surface area contributed by atoms with E-state index in [4.69, 9.17) is 26.9 Å². The molecule has 0 aromatic heterocycles. The van der Waals surface area contributed by atoms with Crippen molar-refractivity contribution in [1.82, 2.24) is 0 Å². The van der Waals surface area contributed by atoms with E-state index >= 15 is 0 Å². The Morgan fingerprint density at radius 3 is 2.10 bits per heavy atom. The number of benzene rings is 2. The van der Waals surface area contributed by atoms with E-state index in [1.54, 1.807) is 18.2 Å². The first-order valence-corrected chi connectivity index (χ1v) is 6.32. The zero-order valence-electron chi connectivity index (χ0n) is 11.1. The van der Waals surface area contributed by atoms with Crippen molar-refractivity contribution in [3.63, 3.8) is 0 Å². The van der Waals surface area contributed by atoms with E-state index in [9.17, 15) is 0 Å². The van der Waals surface area contributed by atoms with E-state index in [2.05, 4.69) is 0 Å². The Morgan fingerprint density at radius 1 is 0.950 bits per heavy atom. The molecule has 20 heavy (non-hydrogen) atoms. The van der Waals surface area contributed by atoms with Crippen LogP contribution >= 0.6 is 11.6 Å². The molecule has 4 heteroatoms. The van der Waals surface area contributed by atoms with Gasteiger partial charge in [-0.25, -0.2) is 0 Å². The van der Waals surface area contributed by atoms with E-state index in [1.165, 1.54) is 0 Å². The van der Waals surface area contributed by atoms with Gasteiger partial charge in [-0.2, -0.15) is 10.5 Å². The molecule has 0 fully saturated rings. The molecule has 0 saturated heterocycles. The normalized spacial score (nSPS) is 9.65. The number of ether oxygens (including phenoxy) is 1. The van der Waals surface area contributed by atoms with Gasteiger partial charge in [0, 0.05) is 5.02 Å². The van der Waals surface area contributed by atoms with Crippen LogP contribution in [0, 0.1) is 36.5 Å². The fourth-order valence-corrected chi connectivity index (χ4v) is 2.28. The van der Waals surface area contributed by atoms with Crippen molar-refractivity contribution in [2.24, 2.45) is 0 Å². The molecule has 0 atom stereocenters. The zero-order chi connectivity index (χ0) is 14.7. The van der Waals surface area contributed by atoms with Crippen LogP contribution in [0.15, 0.2) is 30.3 Å². The third-order valence-corrected chi connectivity index (χ3v) is 3.10. The molecule has 2 rings (SSSR count). The highest BCUT2D eigenvalue weighted by Crippen LogP contribution is 2.32. The second-order valence-corrected chi connectivity index (χ2v) is 4.84. The van der Waals surface area contributed by atoms with Crippen molar-refractivity contribution in [3.05, 3.63) is 57.6 Å². The SMILES string of the molecule is Cc1cc(Cl)cc(C)c1Oc1ccc(C#N)c(C#N)c1. The van der Waals surface area contributed by atoms with Gasteiger partial charge in [0.25, 0.3) is 0 Å². The van der Waals surface area contributed by atoms with Crippen LogP contribution in [0.1, 0.15) is 22.3 Å². The molecule has 0 unspecified atom stereocenters. The minimum atomic E-state index is 0.300. The van der Waals surface area contributed by atoms with Crippen LogP contribution in [0.3, 0.4) is 0 Å². The Kier molecular flexibility index (Phi) is 3.94. The summed E-state index contributed by atoms with van der Waals surface area (Å²) in [6, 6.07) is 12.4. The van der Waals surface area contributed by atoms with Crippen LogP contribution in [0.5, 0.6) is 11.5 Å². The number of halogens is 1. The lowest BCUT2D eigenvalue weighted by molar-refractivity contribution is 0.475. The highest BCUT2D eigenvalue weighted by atomic mass is 35.5. The lowest BCUT2D eigenvalue weighted by atomic mass is 10.1. The predicted molar refractivity (Wildman–Crippen MR) is 76.9 cm³/mol. The maximum absolute atomic E-state index is 9.01. The second kappa shape index (κ2) is 5.65. The quantitative estimate of drug-likeness (QED) is 0.815. The van der Waals surface area contributed by atoms with Crippen molar-refractivity contribution in [2.45, 2.75) is 13.8 Å². The Labute approximate surface area is 122 Å². The van der Waals surface area contributed by atoms with Crippen molar-refractivity contribution in [3.8, 4) is 23.6 Å². The highest BCUT2D eigenvalue weighted by Gasteiger charge is 2.09. The van der Waals surface area contributed by atoms with E-state index in [1.807, 2.05) is 38.1 Å². The number of hydrogen-bond donors (Lipinski definition) is 0. The molecule has 0 saturated carbocycles. The van der Waals surface area contributed by atoms with Gasteiger partial charge in [-0.1, -0.05) is 11.6 Å². The third kappa shape index (κ3) is 2.74. The molecule has 0 bridgehead atoms. The molecular formula is C16H11ClN2O. The second-order valence-electron chi connectivity index (χ2n) is 4.40. The van der Waals surface area contributed by atoms with Gasteiger partial charge in [0.2, 0.25) is 0 Å². The number of nitrogens with zero attached hydrogens (tertiary/aromatic N) is 2. The lowest BCUT2D eigenvalue weighted by Gasteiger charge is -2.12. The minimum Gasteiger partial charge on any atom is -0.457 e. The summed E-state index contributed by atoms with van der Waals surface area (Å²) in [4.78, 5) is 0. The van der Waals surface area contributed by atoms with Crippen molar-refractivity contribution >= 4 is 11.6 Å². The first-order valence-electron chi connectivity index (χ1n) is 5.94. The molecule has 98 valence electrons. The van der Waals surface area contributed by atoms with Gasteiger partial charge in [0.05, 0.1) is 11.1 Å². The molecule has 0 aliphatic carbocycles. The van der Waals surface area contributed by atoms with Gasteiger partial charge in [0.1, 0.15) is 23.6 Å². The first kappa shape index (κ1) is 13.9. The molecule has 0 radical (unpaired) electrons. The average molecular weight is 283 g/mol. The molecule has 2 aromatic carbocycles. The fraction of sp³-hybridized carbons (Fsp3) is 0.125. The smallest absolute Gasteiger partial charge is 0.133 e. The Bertz CT molecular complexity index is 731. The molecule has 0 aliphatic rings. The predicted octanol–water partition coefficient (Wildman–Crippen LogP) is 4.49.